The Hall–Kier alpha value is -3.25. The molecule has 32 heavy (non-hydrogen) atoms. The molecule has 1 heterocycles. The number of ether oxygens (including phenoxy) is 1. The molecule has 0 aliphatic heterocycles. The molecule has 0 atom stereocenters. The number of fused-ring (bicyclic) bond motifs is 1. The molecule has 0 radical (unpaired) electrons. The summed E-state index contributed by atoms with van der Waals surface area (Å²) in [5.74, 6) is 1.40. The maximum Gasteiger partial charge on any atom is 0.282 e. The van der Waals surface area contributed by atoms with E-state index in [2.05, 4.69) is 52.0 Å². The number of hydrogen-bond donors (Lipinski definition) is 0. The summed E-state index contributed by atoms with van der Waals surface area (Å²) < 4.78 is 8.18. The fourth-order valence-corrected chi connectivity index (χ4v) is 3.84. The number of aryl methyl sites for hydroxylation is 2. The third-order valence-electron chi connectivity index (χ3n) is 5.02. The van der Waals surface area contributed by atoms with Crippen molar-refractivity contribution in [3.63, 3.8) is 0 Å². The van der Waals surface area contributed by atoms with Gasteiger partial charge in [-0.15, -0.1) is 0 Å². The van der Waals surface area contributed by atoms with Gasteiger partial charge in [-0.3, -0.25) is 4.79 Å². The first-order valence-corrected chi connectivity index (χ1v) is 11.4. The van der Waals surface area contributed by atoms with Crippen molar-refractivity contribution in [3.8, 4) is 5.75 Å². The number of hydrogen-bond acceptors (Lipinski definition) is 4. The summed E-state index contributed by atoms with van der Waals surface area (Å²) in [7, 11) is 0. The lowest BCUT2D eigenvalue weighted by atomic mass is 10.1. The van der Waals surface area contributed by atoms with Crippen LogP contribution in [0.25, 0.3) is 10.9 Å². The standard InChI is InChI=1S/C26H24BrN3O2/c1-3-6-25-29-24-12-11-21(27)15-23(24)26(31)30(25)28-16-19-8-5-10-22(14-19)32-17-20-9-4-7-18(2)13-20/h4-5,7-16H,3,6,17H2,1-2H3. The second kappa shape index (κ2) is 9.92. The summed E-state index contributed by atoms with van der Waals surface area (Å²) in [5.41, 5.74) is 3.67. The smallest absolute Gasteiger partial charge is 0.282 e. The van der Waals surface area contributed by atoms with Crippen LogP contribution in [-0.2, 0) is 13.0 Å². The highest BCUT2D eigenvalue weighted by molar-refractivity contribution is 9.10. The van der Waals surface area contributed by atoms with Gasteiger partial charge in [-0.1, -0.05) is 64.8 Å². The fourth-order valence-electron chi connectivity index (χ4n) is 3.48. The normalized spacial score (nSPS) is 11.3. The van der Waals surface area contributed by atoms with Crippen molar-refractivity contribution in [1.29, 1.82) is 0 Å². The molecular weight excluding hydrogens is 466 g/mol. The first kappa shape index (κ1) is 22.0. The van der Waals surface area contributed by atoms with Crippen molar-refractivity contribution < 1.29 is 4.74 Å². The molecule has 162 valence electrons. The third-order valence-corrected chi connectivity index (χ3v) is 5.51. The monoisotopic (exact) mass is 489 g/mol. The van der Waals surface area contributed by atoms with E-state index in [1.54, 1.807) is 12.3 Å². The average Bonchev–Trinajstić information content (AvgIpc) is 2.79. The Morgan fingerprint density at radius 3 is 2.75 bits per heavy atom. The van der Waals surface area contributed by atoms with E-state index in [0.717, 1.165) is 27.8 Å². The van der Waals surface area contributed by atoms with Crippen LogP contribution in [0.15, 0.2) is 81.1 Å². The fraction of sp³-hybridized carbons (Fsp3) is 0.192. The van der Waals surface area contributed by atoms with Crippen LogP contribution in [0.5, 0.6) is 5.75 Å². The number of halogens is 1. The second-order valence-corrected chi connectivity index (χ2v) is 8.57. The van der Waals surface area contributed by atoms with Crippen LogP contribution < -0.4 is 10.3 Å². The van der Waals surface area contributed by atoms with Crippen molar-refractivity contribution >= 4 is 33.0 Å². The maximum absolute atomic E-state index is 13.1. The second-order valence-electron chi connectivity index (χ2n) is 7.65. The molecule has 0 amide bonds. The highest BCUT2D eigenvalue weighted by atomic mass is 79.9. The van der Waals surface area contributed by atoms with Crippen molar-refractivity contribution in [3.05, 3.63) is 104 Å². The summed E-state index contributed by atoms with van der Waals surface area (Å²) in [5, 5.41) is 5.03. The molecule has 5 nitrogen and oxygen atoms in total. The van der Waals surface area contributed by atoms with Crippen molar-refractivity contribution in [2.75, 3.05) is 0 Å². The Balaban J connectivity index is 1.61. The van der Waals surface area contributed by atoms with Crippen LogP contribution in [0.4, 0.5) is 0 Å². The topological polar surface area (TPSA) is 56.5 Å². The largest absolute Gasteiger partial charge is 0.489 e. The van der Waals surface area contributed by atoms with Gasteiger partial charge in [0.15, 0.2) is 0 Å². The summed E-state index contributed by atoms with van der Waals surface area (Å²) in [6, 6.07) is 21.4. The Morgan fingerprint density at radius 2 is 1.94 bits per heavy atom. The lowest BCUT2D eigenvalue weighted by molar-refractivity contribution is 0.306. The first-order chi connectivity index (χ1) is 15.5. The molecule has 6 heteroatoms. The molecule has 0 N–H and O–H groups in total. The highest BCUT2D eigenvalue weighted by Gasteiger charge is 2.10. The maximum atomic E-state index is 13.1. The average molecular weight is 490 g/mol. The molecule has 4 rings (SSSR count). The molecule has 1 aromatic heterocycles. The first-order valence-electron chi connectivity index (χ1n) is 10.6. The molecule has 4 aromatic rings. The third kappa shape index (κ3) is 5.14. The van der Waals surface area contributed by atoms with E-state index in [9.17, 15) is 4.79 Å². The van der Waals surface area contributed by atoms with Crippen LogP contribution in [0.2, 0.25) is 0 Å². The quantitative estimate of drug-likeness (QED) is 0.304. The minimum atomic E-state index is -0.178. The van der Waals surface area contributed by atoms with E-state index in [1.807, 2.05) is 48.5 Å². The van der Waals surface area contributed by atoms with E-state index in [4.69, 9.17) is 4.74 Å². The zero-order valence-electron chi connectivity index (χ0n) is 18.1. The van der Waals surface area contributed by atoms with Crippen LogP contribution in [-0.4, -0.2) is 15.9 Å². The van der Waals surface area contributed by atoms with E-state index in [-0.39, 0.29) is 5.56 Å². The predicted molar refractivity (Wildman–Crippen MR) is 133 cm³/mol. The summed E-state index contributed by atoms with van der Waals surface area (Å²) in [4.78, 5) is 17.8. The highest BCUT2D eigenvalue weighted by Crippen LogP contribution is 2.17. The molecule has 0 saturated carbocycles. The van der Waals surface area contributed by atoms with E-state index < -0.39 is 0 Å². The molecule has 0 fully saturated rings. The predicted octanol–water partition coefficient (Wildman–Crippen LogP) is 5.88. The van der Waals surface area contributed by atoms with Gasteiger partial charge < -0.3 is 4.74 Å². The number of benzene rings is 3. The Labute approximate surface area is 195 Å². The van der Waals surface area contributed by atoms with Crippen molar-refractivity contribution in [2.24, 2.45) is 5.10 Å². The Kier molecular flexibility index (Phi) is 6.81. The zero-order valence-corrected chi connectivity index (χ0v) is 19.7. The van der Waals surface area contributed by atoms with Gasteiger partial charge in [-0.25, -0.2) is 4.98 Å². The summed E-state index contributed by atoms with van der Waals surface area (Å²) >= 11 is 3.43. The van der Waals surface area contributed by atoms with Crippen LogP contribution in [0.3, 0.4) is 0 Å². The zero-order chi connectivity index (χ0) is 22.5. The Bertz CT molecular complexity index is 1340. The van der Waals surface area contributed by atoms with E-state index in [0.29, 0.717) is 29.8 Å². The Morgan fingerprint density at radius 1 is 1.09 bits per heavy atom. The van der Waals surface area contributed by atoms with Crippen molar-refractivity contribution in [1.82, 2.24) is 9.66 Å². The van der Waals surface area contributed by atoms with Gasteiger partial charge in [0, 0.05) is 10.9 Å². The van der Waals surface area contributed by atoms with Gasteiger partial charge in [-0.2, -0.15) is 9.78 Å². The van der Waals surface area contributed by atoms with E-state index in [1.165, 1.54) is 10.2 Å². The van der Waals surface area contributed by atoms with Gasteiger partial charge in [0.05, 0.1) is 17.1 Å². The summed E-state index contributed by atoms with van der Waals surface area (Å²) in [6.45, 7) is 4.61. The molecule has 0 spiro atoms. The van der Waals surface area contributed by atoms with Gasteiger partial charge >= 0.3 is 0 Å². The van der Waals surface area contributed by atoms with Crippen molar-refractivity contribution in [2.45, 2.75) is 33.3 Å². The molecule has 3 aromatic carbocycles. The molecule has 0 aliphatic carbocycles. The van der Waals surface area contributed by atoms with Gasteiger partial charge in [0.2, 0.25) is 0 Å². The lowest BCUT2D eigenvalue weighted by Gasteiger charge is -2.09. The molecule has 0 saturated heterocycles. The van der Waals surface area contributed by atoms with Crippen LogP contribution >= 0.6 is 15.9 Å². The SMILES string of the molecule is CCCc1nc2ccc(Br)cc2c(=O)n1N=Cc1cccc(OCc2cccc(C)c2)c1. The number of nitrogens with zero attached hydrogens (tertiary/aromatic N) is 3. The van der Waals surface area contributed by atoms with E-state index >= 15 is 0 Å². The lowest BCUT2D eigenvalue weighted by Crippen LogP contribution is -2.22. The van der Waals surface area contributed by atoms with Gasteiger partial charge in [0.1, 0.15) is 18.2 Å². The minimum Gasteiger partial charge on any atom is -0.489 e. The van der Waals surface area contributed by atoms with Crippen LogP contribution in [0.1, 0.15) is 35.9 Å². The van der Waals surface area contributed by atoms with Gasteiger partial charge in [0.25, 0.3) is 5.56 Å². The number of rotatable bonds is 7. The summed E-state index contributed by atoms with van der Waals surface area (Å²) in [6.07, 6.45) is 3.20. The minimum absolute atomic E-state index is 0.178. The molecule has 0 unspecified atom stereocenters. The molecule has 0 aliphatic rings. The number of aromatic nitrogens is 2. The van der Waals surface area contributed by atoms with Gasteiger partial charge in [-0.05, 0) is 54.8 Å². The molecule has 0 bridgehead atoms. The van der Waals surface area contributed by atoms with Crippen LogP contribution in [0, 0.1) is 6.92 Å². The molecular formula is C26H24BrN3O2.